The summed E-state index contributed by atoms with van der Waals surface area (Å²) in [5.41, 5.74) is 0.574. The fraction of sp³-hybridized carbons (Fsp3) is 0.609. The second-order valence-electron chi connectivity index (χ2n) is 9.59. The second kappa shape index (κ2) is 7.93. The third-order valence-electron chi connectivity index (χ3n) is 7.23. The Hall–Kier alpha value is -1.99. The van der Waals surface area contributed by atoms with E-state index in [1.54, 1.807) is 11.3 Å². The Morgan fingerprint density at radius 1 is 1.27 bits per heavy atom. The zero-order valence-corrected chi connectivity index (χ0v) is 19.2. The topological polar surface area (TPSA) is 65.5 Å². The standard InChI is InChI=1S/C23H32N4O2S/c1-5-22(2,3)16-10-12-23(13-11-16)20(28)27(21(29)25-23)15-26(4)14-19-24-17-8-6-7-9-18(17)30-19/h6-9,16H,5,10-15H2,1-4H3,(H,25,29). The molecule has 1 aliphatic carbocycles. The lowest BCUT2D eigenvalue weighted by Crippen LogP contribution is -2.51. The van der Waals surface area contributed by atoms with Crippen molar-refractivity contribution in [3.8, 4) is 0 Å². The molecule has 7 heteroatoms. The quantitative estimate of drug-likeness (QED) is 0.683. The molecular formula is C23H32N4O2S. The van der Waals surface area contributed by atoms with E-state index in [9.17, 15) is 9.59 Å². The third-order valence-corrected chi connectivity index (χ3v) is 8.25. The predicted molar refractivity (Wildman–Crippen MR) is 120 cm³/mol. The zero-order valence-electron chi connectivity index (χ0n) is 18.4. The Morgan fingerprint density at radius 2 is 1.97 bits per heavy atom. The third kappa shape index (κ3) is 3.85. The molecule has 1 N–H and O–H groups in total. The molecular weight excluding hydrogens is 396 g/mol. The van der Waals surface area contributed by atoms with Gasteiger partial charge in [-0.3, -0.25) is 9.69 Å². The summed E-state index contributed by atoms with van der Waals surface area (Å²) in [6.07, 6.45) is 4.59. The summed E-state index contributed by atoms with van der Waals surface area (Å²) in [4.78, 5) is 34.0. The largest absolute Gasteiger partial charge is 0.326 e. The van der Waals surface area contributed by atoms with Crippen LogP contribution >= 0.6 is 11.3 Å². The number of amides is 3. The molecule has 2 heterocycles. The SMILES string of the molecule is CCC(C)(C)C1CCC2(CC1)NC(=O)N(CN(C)Cc1nc3ccccc3s1)C2=O. The highest BCUT2D eigenvalue weighted by Crippen LogP contribution is 2.45. The molecule has 2 aliphatic rings. The van der Waals surface area contributed by atoms with E-state index in [4.69, 9.17) is 0 Å². The van der Waals surface area contributed by atoms with Gasteiger partial charge in [-0.2, -0.15) is 0 Å². The van der Waals surface area contributed by atoms with Crippen molar-refractivity contribution >= 4 is 33.5 Å². The van der Waals surface area contributed by atoms with Gasteiger partial charge in [-0.05, 0) is 56.2 Å². The number of aromatic nitrogens is 1. The van der Waals surface area contributed by atoms with Gasteiger partial charge >= 0.3 is 6.03 Å². The molecule has 0 radical (unpaired) electrons. The Bertz CT molecular complexity index is 913. The van der Waals surface area contributed by atoms with Crippen molar-refractivity contribution in [2.24, 2.45) is 11.3 Å². The number of carbonyl (C=O) groups is 2. The highest BCUT2D eigenvalue weighted by atomic mass is 32.1. The summed E-state index contributed by atoms with van der Waals surface area (Å²) in [5.74, 6) is 0.546. The number of fused-ring (bicyclic) bond motifs is 1. The van der Waals surface area contributed by atoms with Gasteiger partial charge in [0.25, 0.3) is 5.91 Å². The smallest absolute Gasteiger partial charge is 0.323 e. The van der Waals surface area contributed by atoms with Crippen LogP contribution in [-0.4, -0.2) is 46.0 Å². The number of urea groups is 1. The predicted octanol–water partition coefficient (Wildman–Crippen LogP) is 4.60. The average molecular weight is 429 g/mol. The van der Waals surface area contributed by atoms with Crippen molar-refractivity contribution in [3.05, 3.63) is 29.3 Å². The van der Waals surface area contributed by atoms with E-state index in [2.05, 4.69) is 37.1 Å². The Labute approximate surface area is 182 Å². The van der Waals surface area contributed by atoms with Gasteiger partial charge in [0.2, 0.25) is 0 Å². The molecule has 0 bridgehead atoms. The normalized spacial score (nSPS) is 25.0. The molecule has 1 saturated heterocycles. The lowest BCUT2D eigenvalue weighted by molar-refractivity contribution is -0.134. The number of hydrogen-bond acceptors (Lipinski definition) is 5. The molecule has 0 unspecified atom stereocenters. The number of rotatable bonds is 6. The van der Waals surface area contributed by atoms with Crippen LogP contribution in [-0.2, 0) is 11.3 Å². The van der Waals surface area contributed by atoms with Crippen molar-refractivity contribution in [3.63, 3.8) is 0 Å². The first-order valence-electron chi connectivity index (χ1n) is 10.9. The molecule has 2 aromatic rings. The van der Waals surface area contributed by atoms with Gasteiger partial charge in [0, 0.05) is 0 Å². The molecule has 1 aromatic carbocycles. The number of carbonyl (C=O) groups excluding carboxylic acids is 2. The maximum absolute atomic E-state index is 13.3. The maximum Gasteiger partial charge on any atom is 0.326 e. The van der Waals surface area contributed by atoms with E-state index in [1.807, 2.05) is 30.1 Å². The maximum atomic E-state index is 13.3. The Kier molecular flexibility index (Phi) is 5.62. The summed E-state index contributed by atoms with van der Waals surface area (Å²) >= 11 is 1.65. The van der Waals surface area contributed by atoms with Gasteiger partial charge in [0.15, 0.2) is 0 Å². The van der Waals surface area contributed by atoms with Crippen LogP contribution in [0.25, 0.3) is 10.2 Å². The van der Waals surface area contributed by atoms with Gasteiger partial charge in [-0.1, -0.05) is 39.3 Å². The van der Waals surface area contributed by atoms with Crippen molar-refractivity contribution in [1.82, 2.24) is 20.1 Å². The summed E-state index contributed by atoms with van der Waals surface area (Å²) < 4.78 is 1.15. The lowest BCUT2D eigenvalue weighted by atomic mass is 9.65. The summed E-state index contributed by atoms with van der Waals surface area (Å²) in [5, 5.41) is 4.04. The molecule has 162 valence electrons. The molecule has 4 rings (SSSR count). The van der Waals surface area contributed by atoms with Crippen LogP contribution in [0.2, 0.25) is 0 Å². The van der Waals surface area contributed by atoms with Crippen LogP contribution < -0.4 is 5.32 Å². The van der Waals surface area contributed by atoms with Gasteiger partial charge in [-0.15, -0.1) is 11.3 Å². The molecule has 1 aliphatic heterocycles. The van der Waals surface area contributed by atoms with Gasteiger partial charge in [-0.25, -0.2) is 14.7 Å². The minimum Gasteiger partial charge on any atom is -0.323 e. The first-order valence-corrected chi connectivity index (χ1v) is 11.7. The minimum absolute atomic E-state index is 0.0589. The van der Waals surface area contributed by atoms with E-state index in [0.717, 1.165) is 47.3 Å². The molecule has 1 spiro atoms. The van der Waals surface area contributed by atoms with E-state index in [1.165, 1.54) is 4.90 Å². The zero-order chi connectivity index (χ0) is 21.5. The van der Waals surface area contributed by atoms with E-state index in [-0.39, 0.29) is 24.0 Å². The Morgan fingerprint density at radius 3 is 2.63 bits per heavy atom. The minimum atomic E-state index is -0.700. The van der Waals surface area contributed by atoms with Crippen molar-refractivity contribution in [1.29, 1.82) is 0 Å². The monoisotopic (exact) mass is 428 g/mol. The first-order chi connectivity index (χ1) is 14.2. The summed E-state index contributed by atoms with van der Waals surface area (Å²) in [6, 6.07) is 7.81. The highest BCUT2D eigenvalue weighted by Gasteiger charge is 2.53. The summed E-state index contributed by atoms with van der Waals surface area (Å²) in [6.45, 7) is 7.75. The first kappa shape index (κ1) is 21.2. The van der Waals surface area contributed by atoms with Crippen LogP contribution in [0.1, 0.15) is 57.9 Å². The molecule has 30 heavy (non-hydrogen) atoms. The number of nitrogens with zero attached hydrogens (tertiary/aromatic N) is 3. The van der Waals surface area contributed by atoms with Crippen LogP contribution in [0.15, 0.2) is 24.3 Å². The van der Waals surface area contributed by atoms with Gasteiger partial charge in [0.1, 0.15) is 10.5 Å². The number of imide groups is 1. The fourth-order valence-corrected chi connectivity index (χ4v) is 5.88. The van der Waals surface area contributed by atoms with Crippen molar-refractivity contribution in [2.45, 2.75) is 65.0 Å². The molecule has 6 nitrogen and oxygen atoms in total. The Balaban J connectivity index is 1.39. The van der Waals surface area contributed by atoms with Crippen molar-refractivity contribution in [2.75, 3.05) is 13.7 Å². The van der Waals surface area contributed by atoms with E-state index >= 15 is 0 Å². The number of hydrogen-bond donors (Lipinski definition) is 1. The molecule has 0 atom stereocenters. The van der Waals surface area contributed by atoms with Crippen LogP contribution in [0.3, 0.4) is 0 Å². The summed E-state index contributed by atoms with van der Waals surface area (Å²) in [7, 11) is 1.93. The average Bonchev–Trinajstić information content (AvgIpc) is 3.22. The fourth-order valence-electron chi connectivity index (χ4n) is 4.83. The second-order valence-corrected chi connectivity index (χ2v) is 10.7. The van der Waals surface area contributed by atoms with Gasteiger partial charge in [0.05, 0.1) is 23.4 Å². The van der Waals surface area contributed by atoms with Crippen LogP contribution in [0, 0.1) is 11.3 Å². The van der Waals surface area contributed by atoms with E-state index in [0.29, 0.717) is 12.5 Å². The van der Waals surface area contributed by atoms with Crippen molar-refractivity contribution < 1.29 is 9.59 Å². The number of benzene rings is 1. The van der Waals surface area contributed by atoms with Gasteiger partial charge < -0.3 is 5.32 Å². The van der Waals surface area contributed by atoms with Crippen LogP contribution in [0.5, 0.6) is 0 Å². The molecule has 3 amide bonds. The highest BCUT2D eigenvalue weighted by molar-refractivity contribution is 7.18. The lowest BCUT2D eigenvalue weighted by Gasteiger charge is -2.42. The number of thiazole rings is 1. The molecule has 2 fully saturated rings. The van der Waals surface area contributed by atoms with Crippen LogP contribution in [0.4, 0.5) is 4.79 Å². The number of nitrogens with one attached hydrogen (secondary N) is 1. The molecule has 1 saturated carbocycles. The number of para-hydroxylation sites is 1. The van der Waals surface area contributed by atoms with E-state index < -0.39 is 5.54 Å². The molecule has 1 aromatic heterocycles.